The van der Waals surface area contributed by atoms with Crippen molar-refractivity contribution < 1.29 is 60.0 Å². The van der Waals surface area contributed by atoms with Gasteiger partial charge >= 0.3 is 18.0 Å². The van der Waals surface area contributed by atoms with Gasteiger partial charge in [0.25, 0.3) is 5.91 Å². The number of allylic oxidation sites excluding steroid dienone is 1. The molecule has 20 nitrogen and oxygen atoms in total. The number of hydrogen-bond donors (Lipinski definition) is 6. The third kappa shape index (κ3) is 18.1. The Morgan fingerprint density at radius 2 is 1.51 bits per heavy atom. The Balaban J connectivity index is 0.000000210. The summed E-state index contributed by atoms with van der Waals surface area (Å²) in [6.45, 7) is 11.6. The fourth-order valence-corrected chi connectivity index (χ4v) is 9.36. The summed E-state index contributed by atoms with van der Waals surface area (Å²) in [4.78, 5) is 48.4. The summed E-state index contributed by atoms with van der Waals surface area (Å²) >= 11 is 0. The standard InChI is InChI=1S/C23H21F7N4O3.C17H19N5.C16H17N3O4.C5H5N.As/c1-12(14-8-15(22(25,26)27)10-16(9-14)23(28,29)30)37-20-19(13-2-4-17(24)5-3-13)34(6-7-36-20)11-18-31-21(35)33-32-18;1-16(2,9-18)14-5-13(8-22-12-20-11-21-22)6-15(7-14)17(3,4)10-19;1-8-2-4-10-13(14(8)21)18-15(22)11-6-9(3-5-12(17)20)7-19(11)16(10)23;1-2-4-6-5-3-1;/h2-5,8-10,12,19-20H,6-7,11H2,1H3,(H2,31,32,33,35);5-7,11-12H,8H2,1-4H3;2-5,7,11,15,18,21-22H,6H2,1H3,(H2,17,20);1-5H;/b;;5-3+;;/t12-,19-,20+;;11-,15-;;/m1.0../s1. The molecule has 7 N–H and O–H groups in total. The van der Waals surface area contributed by atoms with Crippen LogP contribution in [-0.2, 0) is 50.5 Å². The molecule has 89 heavy (non-hydrogen) atoms. The Bertz CT molecular complexity index is 3670. The van der Waals surface area contributed by atoms with Crippen LogP contribution in [0.3, 0.4) is 0 Å². The molecule has 3 aliphatic rings. The Kier molecular flexibility index (Phi) is 22.8. The number of benzene rings is 4. The molecule has 10 rings (SSSR count). The number of nitriles is 2. The SMILES string of the molecule is CC(C)(C#N)c1cc(Cn2cncn2)cc(C(C)(C)C#N)c1.C[C@@H](O[C@@H]1OCCN(Cc2n[nH]c(=O)[nH]2)[C@@H]1c1ccc(F)cc1)c1cc(C(F)(F)F)cc(C(F)(F)F)c1.Cc1ccc2c(c1O)N[C@@H](O)[C@@H]1CC(/C=C/C(N)=O)=CN1C2=O.[As].c1ccncc1. The van der Waals surface area contributed by atoms with Crippen LogP contribution in [0.4, 0.5) is 36.4 Å². The van der Waals surface area contributed by atoms with Gasteiger partial charge in [0.2, 0.25) is 5.91 Å². The molecule has 3 aliphatic heterocycles. The molecule has 467 valence electrons. The molecule has 1 saturated heterocycles. The average Bonchev–Trinajstić information content (AvgIpc) is 2.22. The van der Waals surface area contributed by atoms with Gasteiger partial charge in [-0.2, -0.15) is 47.1 Å². The molecule has 1 fully saturated rings. The number of aryl methyl sites for hydroxylation is 1. The number of aliphatic hydroxyl groups excluding tert-OH is 1. The maximum atomic E-state index is 13.6. The van der Waals surface area contributed by atoms with E-state index in [1.165, 1.54) is 54.6 Å². The molecule has 28 heteroatoms. The molecule has 0 unspecified atom stereocenters. The smallest absolute Gasteiger partial charge is 0.416 e. The first-order valence-corrected chi connectivity index (χ1v) is 27.1. The number of aromatic hydroxyl groups is 1. The van der Waals surface area contributed by atoms with Crippen molar-refractivity contribution in [2.75, 3.05) is 18.5 Å². The topological polar surface area (TPSA) is 290 Å². The second-order valence-corrected chi connectivity index (χ2v) is 21.6. The molecular formula is C61H62AsF7N13O7. The van der Waals surface area contributed by atoms with Crippen LogP contribution in [0.2, 0.25) is 0 Å². The van der Waals surface area contributed by atoms with E-state index in [-0.39, 0.29) is 71.5 Å². The number of nitrogens with zero attached hydrogens (tertiary/aromatic N) is 9. The number of morpholine rings is 1. The van der Waals surface area contributed by atoms with Gasteiger partial charge in [-0.05, 0) is 135 Å². The second-order valence-electron chi connectivity index (χ2n) is 21.6. The zero-order chi connectivity index (χ0) is 64.3. The first kappa shape index (κ1) is 69.1. The number of fused-ring (bicyclic) bond motifs is 2. The van der Waals surface area contributed by atoms with Crippen molar-refractivity contribution in [3.05, 3.63) is 212 Å². The van der Waals surface area contributed by atoms with Gasteiger partial charge in [-0.1, -0.05) is 48.5 Å². The number of phenolic OH excluding ortho intramolecular Hbond substituents is 1. The summed E-state index contributed by atoms with van der Waals surface area (Å²) < 4.78 is 107. The largest absolute Gasteiger partial charge is 0.505 e. The van der Waals surface area contributed by atoms with E-state index in [0.717, 1.165) is 16.7 Å². The predicted molar refractivity (Wildman–Crippen MR) is 311 cm³/mol. The van der Waals surface area contributed by atoms with E-state index in [9.17, 15) is 65.9 Å². The number of carbonyl (C=O) groups excluding carboxylic acids is 2. The minimum absolute atomic E-state index is 0. The van der Waals surface area contributed by atoms with Crippen LogP contribution in [-0.4, -0.2) is 116 Å². The number of ether oxygens (including phenoxy) is 2. The third-order valence-electron chi connectivity index (χ3n) is 14.3. The number of aromatic amines is 2. The van der Waals surface area contributed by atoms with E-state index in [1.807, 2.05) is 64.1 Å². The summed E-state index contributed by atoms with van der Waals surface area (Å²) in [5, 5.41) is 52.3. The van der Waals surface area contributed by atoms with Gasteiger partial charge in [0.1, 0.15) is 36.3 Å². The summed E-state index contributed by atoms with van der Waals surface area (Å²) in [6, 6.07) is 24.8. The van der Waals surface area contributed by atoms with Crippen LogP contribution >= 0.6 is 0 Å². The maximum absolute atomic E-state index is 13.6. The molecule has 4 aromatic carbocycles. The van der Waals surface area contributed by atoms with Crippen molar-refractivity contribution in [1.82, 2.24) is 44.7 Å². The van der Waals surface area contributed by atoms with Gasteiger partial charge in [-0.3, -0.25) is 24.5 Å². The molecule has 0 spiro atoms. The fourth-order valence-electron chi connectivity index (χ4n) is 9.36. The number of nitrogens with one attached hydrogen (secondary N) is 3. The summed E-state index contributed by atoms with van der Waals surface area (Å²) in [5.41, 5.74) is 5.21. The predicted octanol–water partition coefficient (Wildman–Crippen LogP) is 9.17. The molecule has 2 amide bonds. The number of primary amides is 1. The Morgan fingerprint density at radius 3 is 2.02 bits per heavy atom. The minimum Gasteiger partial charge on any atom is -0.505 e. The van der Waals surface area contributed by atoms with Crippen molar-refractivity contribution in [1.29, 1.82) is 10.5 Å². The second kappa shape index (κ2) is 29.3. The maximum Gasteiger partial charge on any atom is 0.416 e. The number of carbonyl (C=O) groups is 2. The zero-order valence-electron chi connectivity index (χ0n) is 48.8. The number of amides is 2. The van der Waals surface area contributed by atoms with Gasteiger partial charge in [-0.25, -0.2) is 23.9 Å². The molecule has 0 saturated carbocycles. The molecule has 3 aromatic heterocycles. The molecular weight excluding hydrogens is 1230 g/mol. The quantitative estimate of drug-likeness (QED) is 0.0288. The van der Waals surface area contributed by atoms with Gasteiger partial charge in [0.05, 0.1) is 83.2 Å². The zero-order valence-corrected chi connectivity index (χ0v) is 50.6. The molecule has 3 radical (unpaired) electrons. The van der Waals surface area contributed by atoms with E-state index < -0.39 is 82.4 Å². The van der Waals surface area contributed by atoms with Crippen molar-refractivity contribution in [3.8, 4) is 17.9 Å². The Morgan fingerprint density at radius 1 is 0.888 bits per heavy atom. The minimum atomic E-state index is -5.01. The number of nitrogens with two attached hydrogens (primary N) is 1. The van der Waals surface area contributed by atoms with Crippen LogP contribution in [0, 0.1) is 35.4 Å². The number of hydrogen-bond acceptors (Lipinski definition) is 15. The number of pyridine rings is 1. The van der Waals surface area contributed by atoms with Gasteiger partial charge in [-0.15, -0.1) is 0 Å². The normalized spacial score (nSPS) is 17.8. The summed E-state index contributed by atoms with van der Waals surface area (Å²) in [6.07, 6.45) is -2.14. The Labute approximate surface area is 517 Å². The van der Waals surface area contributed by atoms with Crippen molar-refractivity contribution in [2.24, 2.45) is 5.73 Å². The first-order chi connectivity index (χ1) is 41.5. The summed E-state index contributed by atoms with van der Waals surface area (Å²) in [7, 11) is 0. The van der Waals surface area contributed by atoms with E-state index in [4.69, 9.17) is 15.2 Å². The molecule has 7 aromatic rings. The molecule has 0 bridgehead atoms. The van der Waals surface area contributed by atoms with E-state index >= 15 is 0 Å². The van der Waals surface area contributed by atoms with E-state index in [0.29, 0.717) is 48.3 Å². The van der Waals surface area contributed by atoms with Crippen molar-refractivity contribution in [2.45, 2.75) is 115 Å². The summed E-state index contributed by atoms with van der Waals surface area (Å²) in [5.74, 6) is -1.19. The van der Waals surface area contributed by atoms with Crippen molar-refractivity contribution in [3.63, 3.8) is 0 Å². The molecule has 5 atom stereocenters. The number of alkyl halides is 6. The van der Waals surface area contributed by atoms with Crippen molar-refractivity contribution >= 4 is 35.5 Å². The van der Waals surface area contributed by atoms with E-state index in [2.05, 4.69) is 47.7 Å². The number of anilines is 1. The molecule has 0 aliphatic carbocycles. The number of halogens is 7. The third-order valence-corrected chi connectivity index (χ3v) is 14.3. The van der Waals surface area contributed by atoms with Gasteiger partial charge in [0, 0.05) is 49.2 Å². The van der Waals surface area contributed by atoms with Gasteiger partial charge < -0.3 is 35.6 Å². The first-order valence-electron chi connectivity index (χ1n) is 27.1. The number of aliphatic hydroxyl groups is 1. The van der Waals surface area contributed by atoms with E-state index in [1.54, 1.807) is 53.6 Å². The van der Waals surface area contributed by atoms with Crippen LogP contribution in [0.5, 0.6) is 5.75 Å². The monoisotopic (exact) mass is 1300 g/mol. The van der Waals surface area contributed by atoms with Crippen LogP contribution in [0.1, 0.15) is 114 Å². The fraction of sp³-hybridized carbons (Fsp3) is 0.328. The number of rotatable bonds is 12. The van der Waals surface area contributed by atoms with Gasteiger partial charge in [0.15, 0.2) is 6.29 Å². The van der Waals surface area contributed by atoms with Crippen LogP contribution in [0.25, 0.3) is 0 Å². The van der Waals surface area contributed by atoms with Crippen LogP contribution < -0.4 is 16.7 Å². The number of H-pyrrole nitrogens is 2. The number of aromatic nitrogens is 7. The Hall–Kier alpha value is -8.98. The number of phenols is 1. The average molecular weight is 1300 g/mol. The van der Waals surface area contributed by atoms with Crippen LogP contribution in [0.15, 0.2) is 145 Å². The molecule has 6 heterocycles.